The highest BCUT2D eigenvalue weighted by molar-refractivity contribution is 7.14. The van der Waals surface area contributed by atoms with Gasteiger partial charge in [-0.05, 0) is 50.1 Å². The summed E-state index contributed by atoms with van der Waals surface area (Å²) in [5, 5.41) is 0. The van der Waals surface area contributed by atoms with Gasteiger partial charge in [-0.25, -0.2) is 4.39 Å². The summed E-state index contributed by atoms with van der Waals surface area (Å²) in [6.07, 6.45) is 17.5. The molecule has 3 heteroatoms. The maximum atomic E-state index is 13.5. The molecule has 0 saturated heterocycles. The molecular formula is C28H30FNS. The van der Waals surface area contributed by atoms with Crippen molar-refractivity contribution < 1.29 is 4.39 Å². The van der Waals surface area contributed by atoms with E-state index in [4.69, 9.17) is 0 Å². The first-order valence-electron chi connectivity index (χ1n) is 10.1. The van der Waals surface area contributed by atoms with Crippen LogP contribution in [0.3, 0.4) is 0 Å². The molecule has 2 heterocycles. The van der Waals surface area contributed by atoms with Crippen LogP contribution in [0, 0.1) is 0 Å². The van der Waals surface area contributed by atoms with Crippen LogP contribution in [-0.4, -0.2) is 11.2 Å². The maximum Gasteiger partial charge on any atom is 0.115 e. The Morgan fingerprint density at radius 2 is 1.52 bits per heavy atom. The number of alkyl halides is 1. The summed E-state index contributed by atoms with van der Waals surface area (Å²) in [5.41, 5.74) is 7.33. The third-order valence-electron chi connectivity index (χ3n) is 4.97. The molecule has 1 nitrogen and oxygen atoms in total. The first-order valence-corrected chi connectivity index (χ1v) is 10.9. The lowest BCUT2D eigenvalue weighted by Gasteiger charge is -2.12. The number of allylic oxidation sites excluding steroid dienone is 4. The van der Waals surface area contributed by atoms with Gasteiger partial charge >= 0.3 is 0 Å². The van der Waals surface area contributed by atoms with Gasteiger partial charge in [0.05, 0.1) is 11.4 Å². The third kappa shape index (κ3) is 4.47. The van der Waals surface area contributed by atoms with E-state index in [9.17, 15) is 4.39 Å². The normalized spacial score (nSPS) is 11.9. The van der Waals surface area contributed by atoms with Crippen LogP contribution < -0.4 is 0 Å². The van der Waals surface area contributed by atoms with E-state index in [-0.39, 0.29) is 0 Å². The molecule has 0 bridgehead atoms. The number of aromatic nitrogens is 1. The zero-order chi connectivity index (χ0) is 23.1. The molecule has 2 rings (SSSR count). The SMILES string of the molecule is C=Cc1sc(C(=C)CF)c(/C=C(\C)n2c(C=C)c(/C=C\C)c(C=C)c2/C=C\C)c1C=C. The molecule has 0 amide bonds. The third-order valence-corrected chi connectivity index (χ3v) is 6.29. The van der Waals surface area contributed by atoms with Gasteiger partial charge in [-0.1, -0.05) is 69.4 Å². The molecule has 160 valence electrons. The Labute approximate surface area is 189 Å². The van der Waals surface area contributed by atoms with E-state index in [1.54, 1.807) is 12.2 Å². The lowest BCUT2D eigenvalue weighted by Crippen LogP contribution is -2.00. The van der Waals surface area contributed by atoms with Crippen molar-refractivity contribution in [2.45, 2.75) is 20.8 Å². The highest BCUT2D eigenvalue weighted by Crippen LogP contribution is 2.38. The predicted molar refractivity (Wildman–Crippen MR) is 143 cm³/mol. The molecule has 0 aliphatic heterocycles. The Morgan fingerprint density at radius 1 is 0.871 bits per heavy atom. The maximum absolute atomic E-state index is 13.5. The highest BCUT2D eigenvalue weighted by Gasteiger charge is 2.19. The van der Waals surface area contributed by atoms with Crippen LogP contribution in [0.4, 0.5) is 4.39 Å². The van der Waals surface area contributed by atoms with Crippen LogP contribution in [0.25, 0.3) is 53.8 Å². The summed E-state index contributed by atoms with van der Waals surface area (Å²) >= 11 is 1.48. The quantitative estimate of drug-likeness (QED) is 0.353. The van der Waals surface area contributed by atoms with Gasteiger partial charge in [-0.2, -0.15) is 0 Å². The van der Waals surface area contributed by atoms with Gasteiger partial charge in [0.2, 0.25) is 0 Å². The average Bonchev–Trinajstić information content (AvgIpc) is 3.27. The Morgan fingerprint density at radius 3 is 2.00 bits per heavy atom. The van der Waals surface area contributed by atoms with Crippen molar-refractivity contribution in [3.05, 3.63) is 88.4 Å². The Hall–Kier alpha value is -3.17. The summed E-state index contributed by atoms with van der Waals surface area (Å²) in [6, 6.07) is 0. The number of thiophene rings is 1. The smallest absolute Gasteiger partial charge is 0.115 e. The van der Waals surface area contributed by atoms with Crippen LogP contribution in [0.1, 0.15) is 64.2 Å². The van der Waals surface area contributed by atoms with Gasteiger partial charge < -0.3 is 4.57 Å². The molecule has 0 atom stereocenters. The zero-order valence-electron chi connectivity index (χ0n) is 18.7. The summed E-state index contributed by atoms with van der Waals surface area (Å²) in [5.74, 6) is 0. The number of hydrogen-bond donors (Lipinski definition) is 0. The number of nitrogens with zero attached hydrogens (tertiary/aromatic N) is 1. The van der Waals surface area contributed by atoms with Crippen molar-refractivity contribution in [2.24, 2.45) is 0 Å². The van der Waals surface area contributed by atoms with E-state index < -0.39 is 6.67 Å². The van der Waals surface area contributed by atoms with E-state index in [0.717, 1.165) is 49.1 Å². The van der Waals surface area contributed by atoms with Crippen molar-refractivity contribution in [3.8, 4) is 0 Å². The van der Waals surface area contributed by atoms with Crippen molar-refractivity contribution in [1.29, 1.82) is 0 Å². The van der Waals surface area contributed by atoms with Gasteiger partial charge in [0.25, 0.3) is 0 Å². The lowest BCUT2D eigenvalue weighted by molar-refractivity contribution is 0.572. The monoisotopic (exact) mass is 431 g/mol. The van der Waals surface area contributed by atoms with E-state index in [1.165, 1.54) is 11.3 Å². The van der Waals surface area contributed by atoms with Crippen LogP contribution in [-0.2, 0) is 0 Å². The molecule has 0 saturated carbocycles. The largest absolute Gasteiger partial charge is 0.313 e. The number of halogens is 1. The summed E-state index contributed by atoms with van der Waals surface area (Å²) in [6.45, 7) is 25.3. The summed E-state index contributed by atoms with van der Waals surface area (Å²) in [7, 11) is 0. The zero-order valence-corrected chi connectivity index (χ0v) is 19.5. The van der Waals surface area contributed by atoms with Crippen LogP contribution in [0.2, 0.25) is 0 Å². The molecule has 0 aromatic carbocycles. The topological polar surface area (TPSA) is 4.93 Å². The van der Waals surface area contributed by atoms with E-state index in [0.29, 0.717) is 5.57 Å². The Kier molecular flexibility index (Phi) is 8.35. The second kappa shape index (κ2) is 10.7. The molecule has 0 unspecified atom stereocenters. The Bertz CT molecular complexity index is 1130. The molecule has 0 fully saturated rings. The van der Waals surface area contributed by atoms with Crippen molar-refractivity contribution >= 4 is 65.1 Å². The fourth-order valence-electron chi connectivity index (χ4n) is 3.68. The van der Waals surface area contributed by atoms with E-state index in [1.807, 2.05) is 45.1 Å². The number of rotatable bonds is 10. The van der Waals surface area contributed by atoms with Gasteiger partial charge in [0, 0.05) is 32.1 Å². The summed E-state index contributed by atoms with van der Waals surface area (Å²) < 4.78 is 15.7. The molecule has 0 aliphatic rings. The van der Waals surface area contributed by atoms with Gasteiger partial charge in [-0.15, -0.1) is 11.3 Å². The Balaban J connectivity index is 2.94. The molecule has 2 aromatic heterocycles. The molecule has 0 N–H and O–H groups in total. The molecular weight excluding hydrogens is 401 g/mol. The minimum absolute atomic E-state index is 0.451. The van der Waals surface area contributed by atoms with Crippen molar-refractivity contribution in [2.75, 3.05) is 6.67 Å². The van der Waals surface area contributed by atoms with Gasteiger partial charge in [0.15, 0.2) is 0 Å². The minimum atomic E-state index is -0.606. The fourth-order valence-corrected chi connectivity index (χ4v) is 4.77. The lowest BCUT2D eigenvalue weighted by atomic mass is 10.0. The number of hydrogen-bond acceptors (Lipinski definition) is 1. The molecule has 0 aliphatic carbocycles. The fraction of sp³-hybridized carbons (Fsp3) is 0.143. The molecule has 0 radical (unpaired) electrons. The molecule has 0 spiro atoms. The van der Waals surface area contributed by atoms with Crippen molar-refractivity contribution in [1.82, 2.24) is 4.57 Å². The van der Waals surface area contributed by atoms with E-state index in [2.05, 4.69) is 55.7 Å². The first kappa shape index (κ1) is 24.1. The van der Waals surface area contributed by atoms with Gasteiger partial charge in [0.1, 0.15) is 6.67 Å². The second-order valence-corrected chi connectivity index (χ2v) is 7.95. The van der Waals surface area contributed by atoms with E-state index >= 15 is 0 Å². The average molecular weight is 432 g/mol. The van der Waals surface area contributed by atoms with Crippen LogP contribution >= 0.6 is 11.3 Å². The summed E-state index contributed by atoms with van der Waals surface area (Å²) in [4.78, 5) is 1.76. The minimum Gasteiger partial charge on any atom is -0.313 e. The van der Waals surface area contributed by atoms with Crippen LogP contribution in [0.5, 0.6) is 0 Å². The first-order chi connectivity index (χ1) is 14.9. The van der Waals surface area contributed by atoms with Crippen molar-refractivity contribution in [3.63, 3.8) is 0 Å². The predicted octanol–water partition coefficient (Wildman–Crippen LogP) is 9.19. The van der Waals surface area contributed by atoms with Gasteiger partial charge in [-0.3, -0.25) is 0 Å². The molecule has 2 aromatic rings. The highest BCUT2D eigenvalue weighted by atomic mass is 32.1. The second-order valence-electron chi connectivity index (χ2n) is 6.90. The van der Waals surface area contributed by atoms with Crippen LogP contribution in [0.15, 0.2) is 45.0 Å². The standard InChI is InChI=1S/C28H30FNS/c1-9-15-23-21(11-3)26(16-10-2)30(25(23)13-5)20(8)17-24-22(12-4)27(14-6)31-28(24)19(7)18-29/h9-17H,3-7,18H2,1-2,8H3/b15-9-,16-10-,20-17+. The molecule has 31 heavy (non-hydrogen) atoms.